The van der Waals surface area contributed by atoms with Gasteiger partial charge in [-0.3, -0.25) is 0 Å². The summed E-state index contributed by atoms with van der Waals surface area (Å²) in [7, 11) is 0. The lowest BCUT2D eigenvalue weighted by atomic mass is 10.1. The molecule has 1 rings (SSSR count). The predicted octanol–water partition coefficient (Wildman–Crippen LogP) is 2.49. The second kappa shape index (κ2) is 4.11. The van der Waals surface area contributed by atoms with Crippen LogP contribution < -0.4 is 5.73 Å². The molecule has 14 heavy (non-hydrogen) atoms. The average molecular weight is 222 g/mol. The number of alkyl halides is 2. The zero-order valence-electron chi connectivity index (χ0n) is 7.30. The van der Waals surface area contributed by atoms with Gasteiger partial charge in [0.1, 0.15) is 5.75 Å². The molecule has 0 aliphatic carbocycles. The molecule has 0 heterocycles. The number of phenolic OH excluding ortho intramolecular Hbond substituents is 1. The van der Waals surface area contributed by atoms with Gasteiger partial charge in [-0.2, -0.15) is 0 Å². The van der Waals surface area contributed by atoms with Gasteiger partial charge in [0.15, 0.2) is 0 Å². The Morgan fingerprint density at radius 2 is 2.07 bits per heavy atom. The van der Waals surface area contributed by atoms with Gasteiger partial charge in [-0.1, -0.05) is 11.6 Å². The van der Waals surface area contributed by atoms with Crippen molar-refractivity contribution in [2.24, 2.45) is 5.73 Å². The van der Waals surface area contributed by atoms with E-state index in [-0.39, 0.29) is 22.9 Å². The van der Waals surface area contributed by atoms with E-state index in [1.54, 1.807) is 0 Å². The van der Waals surface area contributed by atoms with Crippen LogP contribution in [0.4, 0.5) is 8.78 Å². The maximum Gasteiger partial charge on any atom is 0.274 e. The van der Waals surface area contributed by atoms with Gasteiger partial charge in [0.05, 0.1) is 5.02 Å². The third-order valence-electron chi connectivity index (χ3n) is 1.83. The van der Waals surface area contributed by atoms with E-state index in [0.29, 0.717) is 0 Å². The van der Waals surface area contributed by atoms with Crippen LogP contribution in [0.2, 0.25) is 5.02 Å². The van der Waals surface area contributed by atoms with Crippen molar-refractivity contribution in [1.29, 1.82) is 0 Å². The standard InChI is InChI=1S/C9H10ClF2NO/c10-7-5-6(1-2-8(7)14)9(11,12)3-4-13/h1-2,5,14H,3-4,13H2. The Bertz CT molecular complexity index is 331. The Kier molecular flexibility index (Phi) is 3.29. The molecule has 2 nitrogen and oxygen atoms in total. The maximum atomic E-state index is 13.2. The topological polar surface area (TPSA) is 46.2 Å². The molecular formula is C9H10ClF2NO. The summed E-state index contributed by atoms with van der Waals surface area (Å²) in [5, 5.41) is 8.95. The van der Waals surface area contributed by atoms with Crippen LogP contribution in [0.25, 0.3) is 0 Å². The molecule has 0 unspecified atom stereocenters. The second-order valence-corrected chi connectivity index (χ2v) is 3.32. The minimum atomic E-state index is -2.99. The number of benzene rings is 1. The lowest BCUT2D eigenvalue weighted by Crippen LogP contribution is -2.18. The highest BCUT2D eigenvalue weighted by Gasteiger charge is 2.30. The van der Waals surface area contributed by atoms with Crippen molar-refractivity contribution in [3.8, 4) is 5.75 Å². The molecular weight excluding hydrogens is 212 g/mol. The number of nitrogens with two attached hydrogens (primary N) is 1. The third kappa shape index (κ3) is 2.33. The quantitative estimate of drug-likeness (QED) is 0.824. The SMILES string of the molecule is NCCC(F)(F)c1ccc(O)c(Cl)c1. The molecule has 0 aliphatic rings. The van der Waals surface area contributed by atoms with Gasteiger partial charge in [-0.05, 0) is 24.7 Å². The van der Waals surface area contributed by atoms with Crippen LogP contribution in [-0.2, 0) is 5.92 Å². The Labute approximate surface area is 85.3 Å². The van der Waals surface area contributed by atoms with Crippen LogP contribution in [0, 0.1) is 0 Å². The summed E-state index contributed by atoms with van der Waals surface area (Å²) in [6, 6.07) is 3.32. The molecule has 3 N–H and O–H groups in total. The lowest BCUT2D eigenvalue weighted by molar-refractivity contribution is -0.0107. The van der Waals surface area contributed by atoms with Crippen molar-refractivity contribution in [3.63, 3.8) is 0 Å². The minimum absolute atomic E-state index is 0.0841. The monoisotopic (exact) mass is 221 g/mol. The zero-order valence-corrected chi connectivity index (χ0v) is 8.06. The number of hydrogen-bond acceptors (Lipinski definition) is 2. The predicted molar refractivity (Wildman–Crippen MR) is 50.7 cm³/mol. The summed E-state index contributed by atoms with van der Waals surface area (Å²) in [5.41, 5.74) is 4.83. The van der Waals surface area contributed by atoms with E-state index in [4.69, 9.17) is 22.4 Å². The van der Waals surface area contributed by atoms with Crippen molar-refractivity contribution >= 4 is 11.6 Å². The van der Waals surface area contributed by atoms with Gasteiger partial charge in [0.2, 0.25) is 0 Å². The van der Waals surface area contributed by atoms with Crippen molar-refractivity contribution in [3.05, 3.63) is 28.8 Å². The average Bonchev–Trinajstić information content (AvgIpc) is 2.09. The van der Waals surface area contributed by atoms with Crippen LogP contribution in [0.15, 0.2) is 18.2 Å². The molecule has 5 heteroatoms. The molecule has 0 atom stereocenters. The molecule has 0 saturated carbocycles. The molecule has 0 radical (unpaired) electrons. The summed E-state index contributed by atoms with van der Waals surface area (Å²) in [5.74, 6) is -3.20. The van der Waals surface area contributed by atoms with Crippen LogP contribution in [-0.4, -0.2) is 11.7 Å². The Hall–Kier alpha value is -0.870. The summed E-state index contributed by atoms with van der Waals surface area (Å²) >= 11 is 5.51. The first kappa shape index (κ1) is 11.2. The molecule has 78 valence electrons. The molecule has 0 aliphatic heterocycles. The summed E-state index contributed by atoms with van der Waals surface area (Å²) in [4.78, 5) is 0. The third-order valence-corrected chi connectivity index (χ3v) is 2.13. The first-order valence-corrected chi connectivity index (χ1v) is 4.42. The molecule has 0 saturated heterocycles. The smallest absolute Gasteiger partial charge is 0.274 e. The highest BCUT2D eigenvalue weighted by atomic mass is 35.5. The number of rotatable bonds is 3. The van der Waals surface area contributed by atoms with Gasteiger partial charge in [-0.15, -0.1) is 0 Å². The molecule has 1 aromatic rings. The van der Waals surface area contributed by atoms with Gasteiger partial charge in [0.25, 0.3) is 5.92 Å². The summed E-state index contributed by atoms with van der Waals surface area (Å²) < 4.78 is 26.5. The fourth-order valence-corrected chi connectivity index (χ4v) is 1.24. The molecule has 0 fully saturated rings. The first-order valence-electron chi connectivity index (χ1n) is 4.04. The molecule has 0 bridgehead atoms. The van der Waals surface area contributed by atoms with Crippen LogP contribution in [0.5, 0.6) is 5.75 Å². The number of phenols is 1. The van der Waals surface area contributed by atoms with E-state index in [0.717, 1.165) is 18.2 Å². The lowest BCUT2D eigenvalue weighted by Gasteiger charge is -2.15. The Morgan fingerprint density at radius 1 is 1.43 bits per heavy atom. The molecule has 0 spiro atoms. The Balaban J connectivity index is 3.01. The highest BCUT2D eigenvalue weighted by Crippen LogP contribution is 2.35. The van der Waals surface area contributed by atoms with Crippen LogP contribution in [0.1, 0.15) is 12.0 Å². The fourth-order valence-electron chi connectivity index (χ4n) is 1.06. The van der Waals surface area contributed by atoms with E-state index in [1.807, 2.05) is 0 Å². The van der Waals surface area contributed by atoms with Crippen molar-refractivity contribution < 1.29 is 13.9 Å². The van der Waals surface area contributed by atoms with Crippen molar-refractivity contribution in [1.82, 2.24) is 0 Å². The van der Waals surface area contributed by atoms with E-state index in [9.17, 15) is 8.78 Å². The van der Waals surface area contributed by atoms with E-state index >= 15 is 0 Å². The van der Waals surface area contributed by atoms with E-state index < -0.39 is 12.3 Å². The second-order valence-electron chi connectivity index (χ2n) is 2.91. The van der Waals surface area contributed by atoms with E-state index in [2.05, 4.69) is 0 Å². The number of hydrogen-bond donors (Lipinski definition) is 2. The largest absolute Gasteiger partial charge is 0.506 e. The zero-order chi connectivity index (χ0) is 10.8. The summed E-state index contributed by atoms with van der Waals surface area (Å²) in [6.45, 7) is -0.106. The van der Waals surface area contributed by atoms with E-state index in [1.165, 1.54) is 0 Å². The molecule has 1 aromatic carbocycles. The van der Waals surface area contributed by atoms with Gasteiger partial charge in [-0.25, -0.2) is 8.78 Å². The van der Waals surface area contributed by atoms with Crippen LogP contribution in [0.3, 0.4) is 0 Å². The highest BCUT2D eigenvalue weighted by molar-refractivity contribution is 6.32. The Morgan fingerprint density at radius 3 is 2.57 bits per heavy atom. The van der Waals surface area contributed by atoms with Gasteiger partial charge >= 0.3 is 0 Å². The van der Waals surface area contributed by atoms with Gasteiger partial charge in [0, 0.05) is 12.0 Å². The number of halogens is 3. The minimum Gasteiger partial charge on any atom is -0.506 e. The number of aromatic hydroxyl groups is 1. The molecule has 0 amide bonds. The van der Waals surface area contributed by atoms with Crippen molar-refractivity contribution in [2.75, 3.05) is 6.54 Å². The van der Waals surface area contributed by atoms with Crippen LogP contribution >= 0.6 is 11.6 Å². The molecule has 0 aromatic heterocycles. The first-order chi connectivity index (χ1) is 6.47. The van der Waals surface area contributed by atoms with Gasteiger partial charge < -0.3 is 10.8 Å². The maximum absolute atomic E-state index is 13.2. The summed E-state index contributed by atoms with van der Waals surface area (Å²) in [6.07, 6.45) is -0.436. The normalized spacial score (nSPS) is 11.7. The van der Waals surface area contributed by atoms with Crippen molar-refractivity contribution in [2.45, 2.75) is 12.3 Å². The fraction of sp³-hybridized carbons (Fsp3) is 0.333.